The van der Waals surface area contributed by atoms with Crippen molar-refractivity contribution in [2.75, 3.05) is 31.1 Å². The minimum atomic E-state index is -4.47. The molecule has 5 rings (SSSR count). The van der Waals surface area contributed by atoms with E-state index in [0.29, 0.717) is 55.8 Å². The number of nitrogens with zero attached hydrogens (tertiary/aromatic N) is 3. The summed E-state index contributed by atoms with van der Waals surface area (Å²) in [7, 11) is 0. The van der Waals surface area contributed by atoms with Gasteiger partial charge in [0.2, 0.25) is 0 Å². The second kappa shape index (κ2) is 9.91. The van der Waals surface area contributed by atoms with Crippen molar-refractivity contribution in [3.8, 4) is 0 Å². The van der Waals surface area contributed by atoms with Crippen LogP contribution in [0.1, 0.15) is 39.9 Å². The molecule has 9 heteroatoms. The van der Waals surface area contributed by atoms with E-state index in [0.717, 1.165) is 11.6 Å². The summed E-state index contributed by atoms with van der Waals surface area (Å²) >= 11 is 5.98. The Morgan fingerprint density at radius 1 is 1.05 bits per heavy atom. The summed E-state index contributed by atoms with van der Waals surface area (Å²) in [4.78, 5) is 21.1. The normalized spacial score (nSPS) is 17.5. The van der Waals surface area contributed by atoms with Crippen LogP contribution in [0, 0.1) is 5.82 Å². The summed E-state index contributed by atoms with van der Waals surface area (Å²) in [5.41, 5.74) is 1.03. The number of carbonyl (C=O) groups is 1. The lowest BCUT2D eigenvalue weighted by Crippen LogP contribution is -2.46. The zero-order valence-electron chi connectivity index (χ0n) is 19.8. The number of aromatic nitrogens is 1. The number of piperidine rings is 1. The molecule has 0 N–H and O–H groups in total. The van der Waals surface area contributed by atoms with Crippen LogP contribution in [-0.4, -0.2) is 42.0 Å². The summed E-state index contributed by atoms with van der Waals surface area (Å²) in [6.07, 6.45) is 2.12. The van der Waals surface area contributed by atoms with E-state index >= 15 is 0 Å². The fraction of sp³-hybridized carbons (Fsp3) is 0.286. The highest BCUT2D eigenvalue weighted by Gasteiger charge is 2.47. The van der Waals surface area contributed by atoms with Gasteiger partial charge in [-0.05, 0) is 79.5 Å². The van der Waals surface area contributed by atoms with Gasteiger partial charge in [-0.2, -0.15) is 13.2 Å². The Morgan fingerprint density at radius 3 is 2.46 bits per heavy atom. The van der Waals surface area contributed by atoms with Crippen molar-refractivity contribution in [2.45, 2.75) is 24.4 Å². The van der Waals surface area contributed by atoms with E-state index in [1.807, 2.05) is 12.2 Å². The SMILES string of the molecule is O=C(c1ccnc(Cl)c1)N1CC2(CCN(CC=Cc3ccc(F)cc3)CC2)c2cc(C(F)(F)F)ccc21. The van der Waals surface area contributed by atoms with E-state index in [4.69, 9.17) is 11.6 Å². The third-order valence-electron chi connectivity index (χ3n) is 7.22. The lowest BCUT2D eigenvalue weighted by molar-refractivity contribution is -0.137. The van der Waals surface area contributed by atoms with E-state index in [-0.39, 0.29) is 16.9 Å². The van der Waals surface area contributed by atoms with Crippen LogP contribution in [0.15, 0.2) is 66.9 Å². The number of alkyl halides is 3. The molecule has 4 nitrogen and oxygen atoms in total. The molecule has 3 heterocycles. The van der Waals surface area contributed by atoms with Gasteiger partial charge in [0.1, 0.15) is 11.0 Å². The van der Waals surface area contributed by atoms with Crippen LogP contribution >= 0.6 is 11.6 Å². The van der Waals surface area contributed by atoms with Crippen LogP contribution in [0.5, 0.6) is 0 Å². The predicted octanol–water partition coefficient (Wildman–Crippen LogP) is 6.60. The van der Waals surface area contributed by atoms with Crippen LogP contribution in [0.25, 0.3) is 6.08 Å². The van der Waals surface area contributed by atoms with Crippen molar-refractivity contribution in [1.82, 2.24) is 9.88 Å². The molecule has 2 aromatic carbocycles. The first-order valence-electron chi connectivity index (χ1n) is 11.9. The zero-order valence-corrected chi connectivity index (χ0v) is 20.6. The largest absolute Gasteiger partial charge is 0.416 e. The van der Waals surface area contributed by atoms with Crippen molar-refractivity contribution in [3.05, 3.63) is 100 Å². The first-order chi connectivity index (χ1) is 17.6. The highest BCUT2D eigenvalue weighted by molar-refractivity contribution is 6.29. The lowest BCUT2D eigenvalue weighted by atomic mass is 9.74. The minimum Gasteiger partial charge on any atom is -0.307 e. The molecule has 1 aromatic heterocycles. The maximum absolute atomic E-state index is 13.6. The fourth-order valence-corrected chi connectivity index (χ4v) is 5.39. The molecule has 3 aromatic rings. The van der Waals surface area contributed by atoms with Gasteiger partial charge >= 0.3 is 6.18 Å². The van der Waals surface area contributed by atoms with E-state index in [1.165, 1.54) is 36.5 Å². The fourth-order valence-electron chi connectivity index (χ4n) is 5.22. The Bertz CT molecular complexity index is 1330. The maximum atomic E-state index is 13.6. The van der Waals surface area contributed by atoms with Crippen LogP contribution in [0.2, 0.25) is 5.15 Å². The Morgan fingerprint density at radius 2 is 1.78 bits per heavy atom. The summed E-state index contributed by atoms with van der Waals surface area (Å²) in [6, 6.07) is 12.9. The molecule has 2 aliphatic rings. The van der Waals surface area contributed by atoms with Gasteiger partial charge in [-0.3, -0.25) is 9.69 Å². The Labute approximate surface area is 217 Å². The molecule has 0 bridgehead atoms. The standard InChI is InChI=1S/C28H24ClF4N3O/c29-25-16-20(9-12-34-25)26(37)36-18-27(23-17-21(28(31,32)33)5-8-24(23)36)10-14-35(15-11-27)13-1-2-19-3-6-22(30)7-4-19/h1-9,12,16-17H,10-11,13-15,18H2. The molecule has 1 saturated heterocycles. The number of likely N-dealkylation sites (tertiary alicyclic amines) is 1. The van der Waals surface area contributed by atoms with Crippen molar-refractivity contribution in [2.24, 2.45) is 0 Å². The molecule has 192 valence electrons. The number of halogens is 5. The first-order valence-corrected chi connectivity index (χ1v) is 12.3. The highest BCUT2D eigenvalue weighted by Crippen LogP contribution is 2.49. The van der Waals surface area contributed by atoms with E-state index in [2.05, 4.69) is 9.88 Å². The predicted molar refractivity (Wildman–Crippen MR) is 135 cm³/mol. The molecule has 0 saturated carbocycles. The summed E-state index contributed by atoms with van der Waals surface area (Å²) in [5.74, 6) is -0.601. The molecular weight excluding hydrogens is 506 g/mol. The molecule has 0 aliphatic carbocycles. The van der Waals surface area contributed by atoms with Gasteiger partial charge < -0.3 is 4.90 Å². The quantitative estimate of drug-likeness (QED) is 0.282. The van der Waals surface area contributed by atoms with Gasteiger partial charge in [-0.25, -0.2) is 9.37 Å². The molecule has 0 unspecified atom stereocenters. The lowest BCUT2D eigenvalue weighted by Gasteiger charge is -2.39. The van der Waals surface area contributed by atoms with Crippen molar-refractivity contribution < 1.29 is 22.4 Å². The number of carbonyl (C=O) groups excluding carboxylic acids is 1. The average Bonchev–Trinajstić information content (AvgIpc) is 3.19. The van der Waals surface area contributed by atoms with Crippen molar-refractivity contribution in [3.63, 3.8) is 0 Å². The Hall–Kier alpha value is -3.23. The van der Waals surface area contributed by atoms with Gasteiger partial charge in [-0.1, -0.05) is 35.9 Å². The number of hydrogen-bond acceptors (Lipinski definition) is 3. The maximum Gasteiger partial charge on any atom is 0.416 e. The summed E-state index contributed by atoms with van der Waals surface area (Å²) in [6.45, 7) is 2.32. The third kappa shape index (κ3) is 5.26. The molecule has 1 spiro atoms. The molecule has 1 fully saturated rings. The highest BCUT2D eigenvalue weighted by atomic mass is 35.5. The number of benzene rings is 2. The van der Waals surface area contributed by atoms with Crippen LogP contribution in [0.4, 0.5) is 23.2 Å². The van der Waals surface area contributed by atoms with Gasteiger partial charge in [-0.15, -0.1) is 0 Å². The van der Waals surface area contributed by atoms with Crippen LogP contribution in [-0.2, 0) is 11.6 Å². The van der Waals surface area contributed by atoms with E-state index < -0.39 is 17.2 Å². The van der Waals surface area contributed by atoms with Crippen molar-refractivity contribution >= 4 is 29.3 Å². The van der Waals surface area contributed by atoms with Gasteiger partial charge in [0.05, 0.1) is 5.56 Å². The second-order valence-electron chi connectivity index (χ2n) is 9.52. The van der Waals surface area contributed by atoms with Gasteiger partial charge in [0, 0.05) is 36.0 Å². The van der Waals surface area contributed by atoms with E-state index in [1.54, 1.807) is 23.1 Å². The zero-order chi connectivity index (χ0) is 26.2. The average molecular weight is 530 g/mol. The molecule has 2 aliphatic heterocycles. The van der Waals surface area contributed by atoms with Crippen LogP contribution < -0.4 is 4.90 Å². The Balaban J connectivity index is 1.37. The monoisotopic (exact) mass is 529 g/mol. The number of rotatable bonds is 4. The first kappa shape index (κ1) is 25.4. The van der Waals surface area contributed by atoms with Gasteiger partial charge in [0.25, 0.3) is 5.91 Å². The van der Waals surface area contributed by atoms with Gasteiger partial charge in [0.15, 0.2) is 0 Å². The molecule has 0 atom stereocenters. The number of hydrogen-bond donors (Lipinski definition) is 0. The molecule has 37 heavy (non-hydrogen) atoms. The Kier molecular flexibility index (Phi) is 6.81. The minimum absolute atomic E-state index is 0.175. The molecular formula is C28H24ClF4N3O. The van der Waals surface area contributed by atoms with Crippen LogP contribution in [0.3, 0.4) is 0 Å². The topological polar surface area (TPSA) is 36.4 Å². The smallest absolute Gasteiger partial charge is 0.307 e. The summed E-state index contributed by atoms with van der Waals surface area (Å²) < 4.78 is 53.9. The number of amides is 1. The number of pyridine rings is 1. The molecule has 0 radical (unpaired) electrons. The second-order valence-corrected chi connectivity index (χ2v) is 9.91. The number of fused-ring (bicyclic) bond motifs is 2. The summed E-state index contributed by atoms with van der Waals surface area (Å²) in [5, 5.41) is 0.175. The van der Waals surface area contributed by atoms with Crippen molar-refractivity contribution in [1.29, 1.82) is 0 Å². The third-order valence-corrected chi connectivity index (χ3v) is 7.43. The number of anilines is 1. The van der Waals surface area contributed by atoms with E-state index in [9.17, 15) is 22.4 Å². The molecule has 1 amide bonds.